The molecule has 0 aromatic heterocycles. The van der Waals surface area contributed by atoms with Crippen molar-refractivity contribution in [2.75, 3.05) is 26.2 Å². The van der Waals surface area contributed by atoms with Crippen molar-refractivity contribution in [2.45, 2.75) is 32.1 Å². The first-order valence-corrected chi connectivity index (χ1v) is 11.5. The maximum Gasteiger partial charge on any atom is 0.407 e. The van der Waals surface area contributed by atoms with Gasteiger partial charge in [0.05, 0.1) is 6.54 Å². The fourth-order valence-electron chi connectivity index (χ4n) is 4.78. The third-order valence-corrected chi connectivity index (χ3v) is 6.65. The quantitative estimate of drug-likeness (QED) is 0.614. The second-order valence-corrected chi connectivity index (χ2v) is 9.95. The van der Waals surface area contributed by atoms with E-state index in [9.17, 15) is 23.2 Å². The van der Waals surface area contributed by atoms with Gasteiger partial charge in [-0.1, -0.05) is 62.4 Å². The molecular weight excluding hydrogens is 458 g/mol. The molecule has 2 aromatic rings. The lowest BCUT2D eigenvalue weighted by atomic mass is 9.88. The van der Waals surface area contributed by atoms with E-state index in [-0.39, 0.29) is 25.5 Å². The van der Waals surface area contributed by atoms with Crippen molar-refractivity contribution in [3.8, 4) is 11.1 Å². The average molecular weight is 487 g/mol. The molecule has 0 saturated carbocycles. The molecule has 9 heteroatoms. The van der Waals surface area contributed by atoms with Crippen LogP contribution in [0.15, 0.2) is 48.5 Å². The zero-order valence-electron chi connectivity index (χ0n) is 19.6. The number of carboxylic acids is 1. The van der Waals surface area contributed by atoms with E-state index in [1.807, 2.05) is 48.5 Å². The molecular formula is C26H28F2N2O5. The highest BCUT2D eigenvalue weighted by atomic mass is 19.3. The number of carbonyl (C=O) groups is 3. The van der Waals surface area contributed by atoms with Crippen molar-refractivity contribution in [1.29, 1.82) is 0 Å². The Morgan fingerprint density at radius 1 is 1.09 bits per heavy atom. The lowest BCUT2D eigenvalue weighted by Crippen LogP contribution is -2.40. The third kappa shape index (κ3) is 5.13. The Morgan fingerprint density at radius 2 is 1.66 bits per heavy atom. The number of rotatable bonds is 7. The second kappa shape index (κ2) is 9.28. The van der Waals surface area contributed by atoms with Crippen LogP contribution in [0.5, 0.6) is 0 Å². The number of carboxylic acid groups (broad SMARTS) is 1. The summed E-state index contributed by atoms with van der Waals surface area (Å²) in [5.74, 6) is -7.66. The smallest absolute Gasteiger partial charge is 0.407 e. The molecule has 1 unspecified atom stereocenters. The lowest BCUT2D eigenvalue weighted by Gasteiger charge is -2.27. The molecule has 2 N–H and O–H groups in total. The Balaban J connectivity index is 1.30. The van der Waals surface area contributed by atoms with Gasteiger partial charge in [-0.2, -0.15) is 0 Å². The van der Waals surface area contributed by atoms with E-state index in [0.717, 1.165) is 27.2 Å². The first-order chi connectivity index (χ1) is 16.5. The molecule has 1 saturated heterocycles. The summed E-state index contributed by atoms with van der Waals surface area (Å²) in [4.78, 5) is 36.9. The van der Waals surface area contributed by atoms with Crippen molar-refractivity contribution in [3.63, 3.8) is 0 Å². The number of carbonyl (C=O) groups excluding carboxylic acids is 2. The summed E-state index contributed by atoms with van der Waals surface area (Å²) in [6, 6.07) is 16.0. The molecule has 35 heavy (non-hydrogen) atoms. The normalized spacial score (nSPS) is 18.6. The van der Waals surface area contributed by atoms with E-state index >= 15 is 0 Å². The number of nitrogens with one attached hydrogen (secondary N) is 1. The van der Waals surface area contributed by atoms with Gasteiger partial charge in [0.15, 0.2) is 0 Å². The van der Waals surface area contributed by atoms with Crippen LogP contribution in [0, 0.1) is 11.3 Å². The van der Waals surface area contributed by atoms with Crippen LogP contribution < -0.4 is 5.32 Å². The van der Waals surface area contributed by atoms with Gasteiger partial charge in [-0.25, -0.2) is 13.6 Å². The molecule has 186 valence electrons. The molecule has 1 heterocycles. The number of alkyl halides is 2. The molecule has 0 bridgehead atoms. The number of aliphatic carboxylic acids is 1. The van der Waals surface area contributed by atoms with Crippen LogP contribution in [-0.2, 0) is 14.3 Å². The molecule has 0 radical (unpaired) electrons. The Kier molecular flexibility index (Phi) is 6.53. The Labute approximate surface area is 202 Å². The molecule has 4 rings (SSSR count). The highest BCUT2D eigenvalue weighted by Gasteiger charge is 2.53. The number of hydrogen-bond acceptors (Lipinski definition) is 4. The maximum atomic E-state index is 13.9. The van der Waals surface area contributed by atoms with E-state index in [4.69, 9.17) is 9.84 Å². The fourth-order valence-corrected chi connectivity index (χ4v) is 4.78. The summed E-state index contributed by atoms with van der Waals surface area (Å²) in [6.45, 7) is 2.23. The minimum Gasteiger partial charge on any atom is -0.481 e. The van der Waals surface area contributed by atoms with Gasteiger partial charge in [-0.05, 0) is 27.7 Å². The average Bonchev–Trinajstić information content (AvgIpc) is 3.30. The molecule has 1 atom stereocenters. The number of amides is 2. The predicted octanol–water partition coefficient (Wildman–Crippen LogP) is 4.12. The van der Waals surface area contributed by atoms with Crippen LogP contribution in [0.25, 0.3) is 11.1 Å². The van der Waals surface area contributed by atoms with E-state index in [1.165, 1.54) is 0 Å². The largest absolute Gasteiger partial charge is 0.481 e. The number of nitrogens with zero attached hydrogens (tertiary/aromatic N) is 1. The number of hydrogen-bond donors (Lipinski definition) is 2. The number of likely N-dealkylation sites (tertiary alicyclic amines) is 1. The van der Waals surface area contributed by atoms with Crippen LogP contribution in [-0.4, -0.2) is 60.1 Å². The summed E-state index contributed by atoms with van der Waals surface area (Å²) in [6.07, 6.45) is -0.759. The van der Waals surface area contributed by atoms with Crippen LogP contribution in [0.1, 0.15) is 37.3 Å². The third-order valence-electron chi connectivity index (χ3n) is 6.65. The first-order valence-electron chi connectivity index (χ1n) is 11.5. The van der Waals surface area contributed by atoms with Crippen LogP contribution in [0.3, 0.4) is 0 Å². The van der Waals surface area contributed by atoms with Gasteiger partial charge in [0.2, 0.25) is 5.91 Å². The van der Waals surface area contributed by atoms with Crippen molar-refractivity contribution >= 4 is 18.0 Å². The predicted molar refractivity (Wildman–Crippen MR) is 124 cm³/mol. The minimum absolute atomic E-state index is 0.0817. The highest BCUT2D eigenvalue weighted by Crippen LogP contribution is 2.44. The van der Waals surface area contributed by atoms with E-state index in [2.05, 4.69) is 5.32 Å². The SMILES string of the molecule is CC(C)(CNC(=O)OCC1c2ccccc2-c2ccccc21)CC(=O)N1CC(C(=O)O)C(F)(F)C1. The molecule has 2 aromatic carbocycles. The van der Waals surface area contributed by atoms with Crippen LogP contribution >= 0.6 is 0 Å². The van der Waals surface area contributed by atoms with Gasteiger partial charge in [0, 0.05) is 25.4 Å². The minimum atomic E-state index is -3.47. The summed E-state index contributed by atoms with van der Waals surface area (Å²) in [7, 11) is 0. The number of fused-ring (bicyclic) bond motifs is 3. The maximum absolute atomic E-state index is 13.9. The molecule has 2 amide bonds. The Morgan fingerprint density at radius 3 is 2.20 bits per heavy atom. The highest BCUT2D eigenvalue weighted by molar-refractivity contribution is 5.80. The van der Waals surface area contributed by atoms with Crippen molar-refractivity contribution < 1.29 is 33.0 Å². The van der Waals surface area contributed by atoms with Crippen LogP contribution in [0.4, 0.5) is 13.6 Å². The van der Waals surface area contributed by atoms with Crippen molar-refractivity contribution in [3.05, 3.63) is 59.7 Å². The van der Waals surface area contributed by atoms with Crippen molar-refractivity contribution in [2.24, 2.45) is 11.3 Å². The molecule has 0 spiro atoms. The topological polar surface area (TPSA) is 95.9 Å². The van der Waals surface area contributed by atoms with Crippen molar-refractivity contribution in [1.82, 2.24) is 10.2 Å². The number of halogens is 2. The number of ether oxygens (including phenoxy) is 1. The Hall–Kier alpha value is -3.49. The first kappa shape index (κ1) is 24.6. The summed E-state index contributed by atoms with van der Waals surface area (Å²) < 4.78 is 33.3. The second-order valence-electron chi connectivity index (χ2n) is 9.95. The standard InChI is InChI=1S/C26H28F2N2O5/c1-25(2,11-22(31)30-12-21(23(32)33)26(27,28)15-30)14-29-24(34)35-13-20-18-9-5-3-7-16(18)17-8-4-6-10-19(17)20/h3-10,20-21H,11-15H2,1-2H3,(H,29,34)(H,32,33). The monoisotopic (exact) mass is 486 g/mol. The van der Waals surface area contributed by atoms with E-state index in [0.29, 0.717) is 0 Å². The van der Waals surface area contributed by atoms with Gasteiger partial charge in [0.25, 0.3) is 5.92 Å². The van der Waals surface area contributed by atoms with E-state index < -0.39 is 48.3 Å². The van der Waals surface area contributed by atoms with Gasteiger partial charge in [-0.15, -0.1) is 0 Å². The summed E-state index contributed by atoms with van der Waals surface area (Å²) >= 11 is 0. The molecule has 7 nitrogen and oxygen atoms in total. The Bertz CT molecular complexity index is 1100. The zero-order chi connectivity index (χ0) is 25.4. The van der Waals surface area contributed by atoms with Gasteiger partial charge < -0.3 is 20.1 Å². The molecule has 1 aliphatic heterocycles. The summed E-state index contributed by atoms with van der Waals surface area (Å²) in [5.41, 5.74) is 3.67. The van der Waals surface area contributed by atoms with Gasteiger partial charge in [0.1, 0.15) is 12.5 Å². The fraction of sp³-hybridized carbons (Fsp3) is 0.423. The molecule has 2 aliphatic rings. The molecule has 1 fully saturated rings. The van der Waals surface area contributed by atoms with Crippen LogP contribution in [0.2, 0.25) is 0 Å². The summed E-state index contributed by atoms with van der Waals surface area (Å²) in [5, 5.41) is 11.6. The van der Waals surface area contributed by atoms with Gasteiger partial charge >= 0.3 is 12.1 Å². The van der Waals surface area contributed by atoms with Gasteiger partial charge in [-0.3, -0.25) is 9.59 Å². The van der Waals surface area contributed by atoms with E-state index in [1.54, 1.807) is 13.8 Å². The number of alkyl carbamates (subject to hydrolysis) is 1. The zero-order valence-corrected chi connectivity index (χ0v) is 19.6. The lowest BCUT2D eigenvalue weighted by molar-refractivity contribution is -0.151. The molecule has 1 aliphatic carbocycles. The number of benzene rings is 2.